The second kappa shape index (κ2) is 5.66. The molecule has 0 radical (unpaired) electrons. The second-order valence-corrected chi connectivity index (χ2v) is 5.02. The lowest BCUT2D eigenvalue weighted by atomic mass is 9.77. The highest BCUT2D eigenvalue weighted by Crippen LogP contribution is 2.31. The topological polar surface area (TPSA) is 58.9 Å². The van der Waals surface area contributed by atoms with Crippen LogP contribution < -0.4 is 0 Å². The van der Waals surface area contributed by atoms with Crippen LogP contribution in [0.4, 0.5) is 0 Å². The summed E-state index contributed by atoms with van der Waals surface area (Å²) < 4.78 is 0. The highest BCUT2D eigenvalue weighted by atomic mass is 17.1. The van der Waals surface area contributed by atoms with Crippen molar-refractivity contribution in [3.05, 3.63) is 0 Å². The quantitative estimate of drug-likeness (QED) is 0.536. The number of hydrogen-bond acceptors (Lipinski definition) is 4. The summed E-state index contributed by atoms with van der Waals surface area (Å²) >= 11 is 0. The lowest BCUT2D eigenvalue weighted by Gasteiger charge is -2.35. The Morgan fingerprint density at radius 1 is 1.14 bits per heavy atom. The monoisotopic (exact) mass is 206 g/mol. The Morgan fingerprint density at radius 3 is 1.93 bits per heavy atom. The predicted octanol–water partition coefficient (Wildman–Crippen LogP) is 2.65. The van der Waals surface area contributed by atoms with Crippen molar-refractivity contribution in [3.63, 3.8) is 0 Å². The maximum absolute atomic E-state index is 8.85. The van der Waals surface area contributed by atoms with Crippen LogP contribution in [0.5, 0.6) is 0 Å². The zero-order valence-corrected chi connectivity index (χ0v) is 9.65. The molecule has 4 nitrogen and oxygen atoms in total. The summed E-state index contributed by atoms with van der Waals surface area (Å²) in [5.74, 6) is 0.225. The summed E-state index contributed by atoms with van der Waals surface area (Å²) in [5.41, 5.74) is -0.141. The van der Waals surface area contributed by atoms with Gasteiger partial charge in [-0.05, 0) is 17.3 Å². The maximum Gasteiger partial charge on any atom is 0.100 e. The van der Waals surface area contributed by atoms with Crippen LogP contribution >= 0.6 is 0 Å². The molecule has 0 saturated heterocycles. The third kappa shape index (κ3) is 3.92. The fraction of sp³-hybridized carbons (Fsp3) is 1.00. The summed E-state index contributed by atoms with van der Waals surface area (Å²) in [6.45, 7) is 10.1. The highest BCUT2D eigenvalue weighted by Gasteiger charge is 2.34. The molecule has 0 amide bonds. The average molecular weight is 206 g/mol. The first kappa shape index (κ1) is 13.8. The van der Waals surface area contributed by atoms with Crippen molar-refractivity contribution >= 4 is 0 Å². The molecule has 0 aromatic carbocycles. The molecule has 0 bridgehead atoms. The van der Waals surface area contributed by atoms with Gasteiger partial charge in [0, 0.05) is 0 Å². The maximum atomic E-state index is 8.85. The van der Waals surface area contributed by atoms with Gasteiger partial charge in [-0.3, -0.25) is 10.5 Å². The molecule has 0 aliphatic heterocycles. The molecule has 0 aromatic rings. The van der Waals surface area contributed by atoms with Gasteiger partial charge in [-0.1, -0.05) is 34.6 Å². The van der Waals surface area contributed by atoms with Gasteiger partial charge >= 0.3 is 0 Å². The van der Waals surface area contributed by atoms with Crippen molar-refractivity contribution < 1.29 is 20.3 Å². The zero-order chi connectivity index (χ0) is 11.4. The second-order valence-electron chi connectivity index (χ2n) is 5.02. The minimum atomic E-state index is -0.271. The predicted molar refractivity (Wildman–Crippen MR) is 53.9 cm³/mol. The largest absolute Gasteiger partial charge is 0.252 e. The van der Waals surface area contributed by atoms with Crippen molar-refractivity contribution in [2.75, 3.05) is 6.61 Å². The third-order valence-electron chi connectivity index (χ3n) is 2.68. The Balaban J connectivity index is 4.38. The summed E-state index contributed by atoms with van der Waals surface area (Å²) in [5, 5.41) is 17.2. The molecule has 0 aliphatic rings. The first-order chi connectivity index (χ1) is 6.34. The molecule has 0 fully saturated rings. The van der Waals surface area contributed by atoms with Gasteiger partial charge < -0.3 is 0 Å². The number of rotatable bonds is 5. The van der Waals surface area contributed by atoms with E-state index in [2.05, 4.69) is 9.78 Å². The molecule has 0 aliphatic carbocycles. The standard InChI is InChI=1S/C10H22O4/c1-7(6-13-11)8(2)9(14-12)10(3,4)5/h7-9,11-12H,6H2,1-5H3. The molecular formula is C10H22O4. The molecule has 14 heavy (non-hydrogen) atoms. The van der Waals surface area contributed by atoms with Gasteiger partial charge in [0.15, 0.2) is 0 Å². The smallest absolute Gasteiger partial charge is 0.100 e. The summed E-state index contributed by atoms with van der Waals surface area (Å²) in [7, 11) is 0. The molecule has 4 heteroatoms. The summed E-state index contributed by atoms with van der Waals surface area (Å²) in [6.07, 6.45) is -0.271. The summed E-state index contributed by atoms with van der Waals surface area (Å²) in [4.78, 5) is 8.60. The van der Waals surface area contributed by atoms with Crippen molar-refractivity contribution in [2.24, 2.45) is 17.3 Å². The van der Waals surface area contributed by atoms with E-state index in [1.54, 1.807) is 0 Å². The van der Waals surface area contributed by atoms with Gasteiger partial charge in [0.2, 0.25) is 0 Å². The van der Waals surface area contributed by atoms with E-state index in [1.807, 2.05) is 34.6 Å². The lowest BCUT2D eigenvalue weighted by Crippen LogP contribution is -2.38. The third-order valence-corrected chi connectivity index (χ3v) is 2.68. The van der Waals surface area contributed by atoms with Crippen LogP contribution in [0.15, 0.2) is 0 Å². The van der Waals surface area contributed by atoms with Gasteiger partial charge in [0.05, 0.1) is 6.61 Å². The molecule has 0 spiro atoms. The molecule has 86 valence electrons. The Kier molecular flexibility index (Phi) is 5.59. The lowest BCUT2D eigenvalue weighted by molar-refractivity contribution is -0.319. The Bertz CT molecular complexity index is 153. The molecule has 2 N–H and O–H groups in total. The average Bonchev–Trinajstić information content (AvgIpc) is 2.03. The Labute approximate surface area is 85.7 Å². The molecule has 0 aromatic heterocycles. The SMILES string of the molecule is CC(COO)C(C)C(OO)C(C)(C)C. The fourth-order valence-corrected chi connectivity index (χ4v) is 1.61. The van der Waals surface area contributed by atoms with E-state index in [-0.39, 0.29) is 30.0 Å². The van der Waals surface area contributed by atoms with Crippen molar-refractivity contribution in [1.29, 1.82) is 0 Å². The van der Waals surface area contributed by atoms with Gasteiger partial charge in [-0.15, -0.1) is 0 Å². The zero-order valence-electron chi connectivity index (χ0n) is 9.65. The van der Waals surface area contributed by atoms with E-state index in [0.717, 1.165) is 0 Å². The van der Waals surface area contributed by atoms with Crippen LogP contribution in [0.25, 0.3) is 0 Å². The highest BCUT2D eigenvalue weighted by molar-refractivity contribution is 4.81. The van der Waals surface area contributed by atoms with E-state index in [9.17, 15) is 0 Å². The van der Waals surface area contributed by atoms with Gasteiger partial charge in [0.25, 0.3) is 0 Å². The minimum Gasteiger partial charge on any atom is -0.252 e. The number of hydrogen-bond donors (Lipinski definition) is 2. The molecule has 3 unspecified atom stereocenters. The van der Waals surface area contributed by atoms with E-state index in [0.29, 0.717) is 0 Å². The van der Waals surface area contributed by atoms with Gasteiger partial charge in [-0.2, -0.15) is 0 Å². The van der Waals surface area contributed by atoms with Crippen molar-refractivity contribution in [1.82, 2.24) is 0 Å². The molecule has 0 heterocycles. The van der Waals surface area contributed by atoms with Crippen LogP contribution in [0.1, 0.15) is 34.6 Å². The van der Waals surface area contributed by atoms with Crippen LogP contribution in [0, 0.1) is 17.3 Å². The minimum absolute atomic E-state index is 0.104. The van der Waals surface area contributed by atoms with E-state index >= 15 is 0 Å². The van der Waals surface area contributed by atoms with Crippen molar-refractivity contribution in [2.45, 2.75) is 40.7 Å². The van der Waals surface area contributed by atoms with Crippen LogP contribution in [-0.4, -0.2) is 23.2 Å². The summed E-state index contributed by atoms with van der Waals surface area (Å²) in [6, 6.07) is 0. The van der Waals surface area contributed by atoms with E-state index in [1.165, 1.54) is 0 Å². The first-order valence-electron chi connectivity index (χ1n) is 4.91. The van der Waals surface area contributed by atoms with Crippen LogP contribution in [0.3, 0.4) is 0 Å². The van der Waals surface area contributed by atoms with Gasteiger partial charge in [-0.25, -0.2) is 9.78 Å². The Hall–Kier alpha value is -0.160. The van der Waals surface area contributed by atoms with Gasteiger partial charge in [0.1, 0.15) is 6.10 Å². The van der Waals surface area contributed by atoms with Crippen molar-refractivity contribution in [3.8, 4) is 0 Å². The molecule has 3 atom stereocenters. The van der Waals surface area contributed by atoms with Crippen LogP contribution in [-0.2, 0) is 9.78 Å². The first-order valence-corrected chi connectivity index (χ1v) is 4.91. The van der Waals surface area contributed by atoms with Crippen LogP contribution in [0.2, 0.25) is 0 Å². The Morgan fingerprint density at radius 2 is 1.64 bits per heavy atom. The van der Waals surface area contributed by atoms with E-state index in [4.69, 9.17) is 10.5 Å². The molecule has 0 saturated carbocycles. The normalized spacial score (nSPS) is 19.1. The molecule has 0 rings (SSSR count). The molecular weight excluding hydrogens is 184 g/mol. The fourth-order valence-electron chi connectivity index (χ4n) is 1.61. The van der Waals surface area contributed by atoms with E-state index < -0.39 is 0 Å².